The monoisotopic (exact) mass is 239 g/mol. The molecule has 1 saturated heterocycles. The molecule has 7 nitrogen and oxygen atoms in total. The summed E-state index contributed by atoms with van der Waals surface area (Å²) in [5.41, 5.74) is 2.09. The van der Waals surface area contributed by atoms with Crippen molar-refractivity contribution in [1.82, 2.24) is 9.97 Å². The lowest BCUT2D eigenvalue weighted by Gasteiger charge is -2.36. The molecule has 94 valence electrons. The largest absolute Gasteiger partial charge is 0.394 e. The van der Waals surface area contributed by atoms with Crippen LogP contribution in [0.2, 0.25) is 0 Å². The van der Waals surface area contributed by atoms with Gasteiger partial charge >= 0.3 is 0 Å². The molecule has 1 aliphatic rings. The fraction of sp³-hybridized carbons (Fsp3) is 0.600. The first-order valence-corrected chi connectivity index (χ1v) is 5.53. The van der Waals surface area contributed by atoms with Crippen molar-refractivity contribution in [2.24, 2.45) is 5.84 Å². The first-order chi connectivity index (χ1) is 8.28. The van der Waals surface area contributed by atoms with Crippen molar-refractivity contribution >= 4 is 11.6 Å². The van der Waals surface area contributed by atoms with Crippen molar-refractivity contribution in [2.75, 3.05) is 30.6 Å². The lowest BCUT2D eigenvalue weighted by Crippen LogP contribution is -2.47. The van der Waals surface area contributed by atoms with Gasteiger partial charge in [-0.15, -0.1) is 0 Å². The normalized spacial score (nSPS) is 18.7. The summed E-state index contributed by atoms with van der Waals surface area (Å²) in [7, 11) is 0. The van der Waals surface area contributed by atoms with Crippen molar-refractivity contribution < 1.29 is 9.84 Å². The fourth-order valence-electron chi connectivity index (χ4n) is 1.86. The van der Waals surface area contributed by atoms with Gasteiger partial charge in [0.15, 0.2) is 0 Å². The second kappa shape index (κ2) is 5.26. The Morgan fingerprint density at radius 3 is 2.71 bits per heavy atom. The van der Waals surface area contributed by atoms with Crippen LogP contribution in [0, 0.1) is 0 Å². The number of nitrogen functional groups attached to an aromatic ring is 1. The van der Waals surface area contributed by atoms with Crippen molar-refractivity contribution in [3.05, 3.63) is 12.4 Å². The fourth-order valence-corrected chi connectivity index (χ4v) is 1.86. The maximum atomic E-state index is 9.53. The lowest BCUT2D eigenvalue weighted by molar-refractivity contribution is 0.0378. The van der Waals surface area contributed by atoms with Crippen LogP contribution in [0.5, 0.6) is 0 Å². The molecule has 1 aromatic heterocycles. The summed E-state index contributed by atoms with van der Waals surface area (Å²) < 4.78 is 5.29. The first-order valence-electron chi connectivity index (χ1n) is 5.53. The van der Waals surface area contributed by atoms with Crippen molar-refractivity contribution in [1.29, 1.82) is 0 Å². The van der Waals surface area contributed by atoms with E-state index in [9.17, 15) is 5.11 Å². The zero-order chi connectivity index (χ0) is 12.1. The zero-order valence-corrected chi connectivity index (χ0v) is 9.52. The van der Waals surface area contributed by atoms with Crippen molar-refractivity contribution in [3.8, 4) is 0 Å². The van der Waals surface area contributed by atoms with Gasteiger partial charge in [-0.2, -0.15) is 0 Å². The molecule has 0 spiro atoms. The number of rotatable bonds is 4. The summed E-state index contributed by atoms with van der Waals surface area (Å²) >= 11 is 0. The Kier molecular flexibility index (Phi) is 3.72. The van der Waals surface area contributed by atoms with Crippen LogP contribution in [-0.4, -0.2) is 40.4 Å². The number of aliphatic hydroxyl groups excluding tert-OH is 1. The van der Waals surface area contributed by atoms with E-state index in [0.29, 0.717) is 24.8 Å². The average Bonchev–Trinajstić information content (AvgIpc) is 2.40. The van der Waals surface area contributed by atoms with E-state index in [1.54, 1.807) is 6.07 Å². The van der Waals surface area contributed by atoms with E-state index < -0.39 is 0 Å². The van der Waals surface area contributed by atoms with Gasteiger partial charge < -0.3 is 20.6 Å². The molecule has 7 heteroatoms. The molecule has 0 bridgehead atoms. The number of hydrogen-bond acceptors (Lipinski definition) is 7. The number of anilines is 2. The van der Waals surface area contributed by atoms with E-state index in [1.165, 1.54) is 6.33 Å². The Balaban J connectivity index is 2.11. The minimum absolute atomic E-state index is 0.0474. The number of hydrazine groups is 1. The number of nitrogens with one attached hydrogen (secondary N) is 2. The van der Waals surface area contributed by atoms with E-state index in [-0.39, 0.29) is 12.1 Å². The SMILES string of the molecule is NNc1cc(NC2(CO)CCOCC2)ncn1. The van der Waals surface area contributed by atoms with Gasteiger partial charge in [-0.1, -0.05) is 0 Å². The molecule has 0 aliphatic carbocycles. The smallest absolute Gasteiger partial charge is 0.145 e. The van der Waals surface area contributed by atoms with Crippen LogP contribution in [0.25, 0.3) is 0 Å². The Labute approximate surface area is 99.4 Å². The molecule has 0 unspecified atom stereocenters. The first kappa shape index (κ1) is 12.0. The number of nitrogens with two attached hydrogens (primary N) is 1. The molecule has 0 aromatic carbocycles. The Morgan fingerprint density at radius 1 is 1.35 bits per heavy atom. The van der Waals surface area contributed by atoms with E-state index in [0.717, 1.165) is 12.8 Å². The standard InChI is InChI=1S/C10H17N5O2/c11-15-9-5-8(12-7-13-9)14-10(6-16)1-3-17-4-2-10/h5,7,16H,1-4,6,11H2,(H2,12,13,14,15). The Hall–Kier alpha value is -1.44. The van der Waals surface area contributed by atoms with Crippen LogP contribution >= 0.6 is 0 Å². The van der Waals surface area contributed by atoms with Gasteiger partial charge in [-0.05, 0) is 12.8 Å². The maximum Gasteiger partial charge on any atom is 0.145 e. The molecule has 5 N–H and O–H groups in total. The minimum atomic E-state index is -0.363. The highest BCUT2D eigenvalue weighted by molar-refractivity contribution is 5.47. The second-order valence-electron chi connectivity index (χ2n) is 4.11. The molecule has 1 aliphatic heterocycles. The molecule has 1 aromatic rings. The highest BCUT2D eigenvalue weighted by Crippen LogP contribution is 2.25. The number of nitrogens with zero attached hydrogens (tertiary/aromatic N) is 2. The van der Waals surface area contributed by atoms with Gasteiger partial charge in [-0.25, -0.2) is 15.8 Å². The number of aliphatic hydroxyl groups is 1. The molecule has 0 amide bonds. The lowest BCUT2D eigenvalue weighted by atomic mass is 9.91. The summed E-state index contributed by atoms with van der Waals surface area (Å²) in [5, 5.41) is 12.8. The third-order valence-electron chi connectivity index (χ3n) is 2.96. The molecular weight excluding hydrogens is 222 g/mol. The van der Waals surface area contributed by atoms with Gasteiger partial charge in [0.05, 0.1) is 12.1 Å². The highest BCUT2D eigenvalue weighted by atomic mass is 16.5. The molecule has 2 heterocycles. The number of ether oxygens (including phenoxy) is 1. The molecule has 1 fully saturated rings. The van der Waals surface area contributed by atoms with E-state index >= 15 is 0 Å². The molecule has 0 saturated carbocycles. The van der Waals surface area contributed by atoms with Gasteiger partial charge in [-0.3, -0.25) is 0 Å². The predicted molar refractivity (Wildman–Crippen MR) is 63.3 cm³/mol. The van der Waals surface area contributed by atoms with E-state index in [1.807, 2.05) is 0 Å². The van der Waals surface area contributed by atoms with Gasteiger partial charge in [0, 0.05) is 19.3 Å². The minimum Gasteiger partial charge on any atom is -0.394 e. The average molecular weight is 239 g/mol. The zero-order valence-electron chi connectivity index (χ0n) is 9.52. The summed E-state index contributed by atoms with van der Waals surface area (Å²) in [6.45, 7) is 1.33. The molecule has 0 atom stereocenters. The topological polar surface area (TPSA) is 105 Å². The molecular formula is C10H17N5O2. The van der Waals surface area contributed by atoms with Crippen LogP contribution in [0.3, 0.4) is 0 Å². The molecule has 17 heavy (non-hydrogen) atoms. The quantitative estimate of drug-likeness (QED) is 0.423. The summed E-state index contributed by atoms with van der Waals surface area (Å²) in [6.07, 6.45) is 2.92. The second-order valence-corrected chi connectivity index (χ2v) is 4.11. The van der Waals surface area contributed by atoms with Gasteiger partial charge in [0.25, 0.3) is 0 Å². The summed E-state index contributed by atoms with van der Waals surface area (Å²) in [4.78, 5) is 8.03. The van der Waals surface area contributed by atoms with Crippen LogP contribution in [-0.2, 0) is 4.74 Å². The molecule has 0 radical (unpaired) electrons. The Morgan fingerprint density at radius 2 is 2.06 bits per heavy atom. The van der Waals surface area contributed by atoms with Crippen molar-refractivity contribution in [2.45, 2.75) is 18.4 Å². The summed E-state index contributed by atoms with van der Waals surface area (Å²) in [5.74, 6) is 6.45. The summed E-state index contributed by atoms with van der Waals surface area (Å²) in [6, 6.07) is 1.70. The number of aromatic nitrogens is 2. The maximum absolute atomic E-state index is 9.53. The predicted octanol–water partition coefficient (Wildman–Crippen LogP) is -0.284. The third kappa shape index (κ3) is 2.82. The van der Waals surface area contributed by atoms with Crippen LogP contribution in [0.1, 0.15) is 12.8 Å². The van der Waals surface area contributed by atoms with Crippen molar-refractivity contribution in [3.63, 3.8) is 0 Å². The van der Waals surface area contributed by atoms with E-state index in [2.05, 4.69) is 20.7 Å². The number of hydrogen-bond donors (Lipinski definition) is 4. The molecule has 2 rings (SSSR count). The van der Waals surface area contributed by atoms with Gasteiger partial charge in [0.2, 0.25) is 0 Å². The Bertz CT molecular complexity index is 367. The van der Waals surface area contributed by atoms with Crippen LogP contribution in [0.4, 0.5) is 11.6 Å². The van der Waals surface area contributed by atoms with E-state index in [4.69, 9.17) is 10.6 Å². The third-order valence-corrected chi connectivity index (χ3v) is 2.96. The van der Waals surface area contributed by atoms with Gasteiger partial charge in [0.1, 0.15) is 18.0 Å². The van der Waals surface area contributed by atoms with Crippen LogP contribution in [0.15, 0.2) is 12.4 Å². The highest BCUT2D eigenvalue weighted by Gasteiger charge is 2.32. The van der Waals surface area contributed by atoms with Crippen LogP contribution < -0.4 is 16.6 Å².